The first-order valence-electron chi connectivity index (χ1n) is 6.34. The van der Waals surface area contributed by atoms with Gasteiger partial charge < -0.3 is 15.2 Å². The second-order valence-corrected chi connectivity index (χ2v) is 4.73. The van der Waals surface area contributed by atoms with E-state index in [-0.39, 0.29) is 5.91 Å². The van der Waals surface area contributed by atoms with Crippen LogP contribution in [0.2, 0.25) is 0 Å². The number of hydrogen-bond donors (Lipinski definition) is 2. The number of aromatic amines is 1. The van der Waals surface area contributed by atoms with Gasteiger partial charge in [0.25, 0.3) is 0 Å². The number of hydrogen-bond acceptors (Lipinski definition) is 3. The number of carbonyl (C=O) groups excluding carboxylic acids is 1. The Hall–Kier alpha value is -1.62. The number of carbonyl (C=O) groups is 1. The molecule has 2 heterocycles. The van der Waals surface area contributed by atoms with Crippen molar-refractivity contribution < 1.29 is 4.79 Å². The molecule has 5 heteroatoms. The maximum atomic E-state index is 11.7. The SMILES string of the molecule is CN1CC=C(CNC(=O)CCc2cnc[nH]2)CC1. The zero-order valence-electron chi connectivity index (χ0n) is 10.8. The highest BCUT2D eigenvalue weighted by atomic mass is 16.1. The Morgan fingerprint density at radius 3 is 3.17 bits per heavy atom. The molecule has 0 aromatic carbocycles. The van der Waals surface area contributed by atoms with Gasteiger partial charge in [0.1, 0.15) is 0 Å². The molecule has 2 N–H and O–H groups in total. The van der Waals surface area contributed by atoms with Crippen molar-refractivity contribution in [2.24, 2.45) is 0 Å². The molecule has 18 heavy (non-hydrogen) atoms. The fraction of sp³-hybridized carbons (Fsp3) is 0.538. The van der Waals surface area contributed by atoms with Crippen LogP contribution in [0.1, 0.15) is 18.5 Å². The Kier molecular flexibility index (Phi) is 4.52. The van der Waals surface area contributed by atoms with E-state index in [2.05, 4.69) is 33.3 Å². The molecule has 0 spiro atoms. The minimum Gasteiger partial charge on any atom is -0.352 e. The number of rotatable bonds is 5. The fourth-order valence-electron chi connectivity index (χ4n) is 1.94. The van der Waals surface area contributed by atoms with E-state index in [9.17, 15) is 4.79 Å². The predicted molar refractivity (Wildman–Crippen MR) is 70.1 cm³/mol. The van der Waals surface area contributed by atoms with Gasteiger partial charge in [-0.3, -0.25) is 4.79 Å². The van der Waals surface area contributed by atoms with Crippen LogP contribution in [0.4, 0.5) is 0 Å². The molecule has 0 fully saturated rings. The summed E-state index contributed by atoms with van der Waals surface area (Å²) in [6, 6.07) is 0. The molecule has 1 aromatic rings. The molecule has 0 atom stereocenters. The molecule has 0 aliphatic carbocycles. The van der Waals surface area contributed by atoms with Crippen LogP contribution < -0.4 is 5.32 Å². The van der Waals surface area contributed by atoms with Gasteiger partial charge in [0.2, 0.25) is 5.91 Å². The normalized spacial score (nSPS) is 16.4. The van der Waals surface area contributed by atoms with Gasteiger partial charge in [0.05, 0.1) is 6.33 Å². The summed E-state index contributed by atoms with van der Waals surface area (Å²) >= 11 is 0. The smallest absolute Gasteiger partial charge is 0.220 e. The summed E-state index contributed by atoms with van der Waals surface area (Å²) in [6.07, 6.45) is 7.88. The van der Waals surface area contributed by atoms with Crippen molar-refractivity contribution in [1.29, 1.82) is 0 Å². The average Bonchev–Trinajstić information content (AvgIpc) is 2.89. The monoisotopic (exact) mass is 248 g/mol. The first-order valence-corrected chi connectivity index (χ1v) is 6.34. The van der Waals surface area contributed by atoms with Gasteiger partial charge in [0, 0.05) is 37.9 Å². The molecule has 1 aromatic heterocycles. The molecule has 5 nitrogen and oxygen atoms in total. The minimum atomic E-state index is 0.101. The molecule has 1 aliphatic rings. The molecule has 0 saturated carbocycles. The summed E-state index contributed by atoms with van der Waals surface area (Å²) in [7, 11) is 2.11. The van der Waals surface area contributed by atoms with E-state index in [0.717, 1.165) is 25.2 Å². The summed E-state index contributed by atoms with van der Waals surface area (Å²) in [5.74, 6) is 0.101. The lowest BCUT2D eigenvalue weighted by Gasteiger charge is -2.22. The topological polar surface area (TPSA) is 61.0 Å². The van der Waals surface area contributed by atoms with E-state index in [4.69, 9.17) is 0 Å². The van der Waals surface area contributed by atoms with Crippen molar-refractivity contribution in [2.45, 2.75) is 19.3 Å². The summed E-state index contributed by atoms with van der Waals surface area (Å²) in [5, 5.41) is 2.97. The number of likely N-dealkylation sites (N-methyl/N-ethyl adjacent to an activating group) is 1. The summed E-state index contributed by atoms with van der Waals surface area (Å²) in [6.45, 7) is 2.75. The predicted octanol–water partition coefficient (Wildman–Crippen LogP) is 0.720. The van der Waals surface area contributed by atoms with Gasteiger partial charge >= 0.3 is 0 Å². The molecule has 0 unspecified atom stereocenters. The molecular formula is C13H20N4O. The maximum absolute atomic E-state index is 11.7. The lowest BCUT2D eigenvalue weighted by Crippen LogP contribution is -2.30. The third-order valence-electron chi connectivity index (χ3n) is 3.20. The van der Waals surface area contributed by atoms with Gasteiger partial charge in [-0.2, -0.15) is 0 Å². The van der Waals surface area contributed by atoms with E-state index >= 15 is 0 Å². The summed E-state index contributed by atoms with van der Waals surface area (Å²) in [5.41, 5.74) is 2.34. The van der Waals surface area contributed by atoms with E-state index < -0.39 is 0 Å². The van der Waals surface area contributed by atoms with Crippen LogP contribution in [0.5, 0.6) is 0 Å². The zero-order chi connectivity index (χ0) is 12.8. The van der Waals surface area contributed by atoms with Crippen LogP contribution in [0, 0.1) is 0 Å². The Bertz CT molecular complexity index is 411. The highest BCUT2D eigenvalue weighted by molar-refractivity contribution is 5.76. The number of nitrogens with one attached hydrogen (secondary N) is 2. The van der Waals surface area contributed by atoms with Crippen LogP contribution in [0.25, 0.3) is 0 Å². The van der Waals surface area contributed by atoms with E-state index in [1.54, 1.807) is 12.5 Å². The molecule has 2 rings (SSSR count). The second-order valence-electron chi connectivity index (χ2n) is 4.73. The van der Waals surface area contributed by atoms with Gasteiger partial charge in [-0.25, -0.2) is 4.98 Å². The van der Waals surface area contributed by atoms with Gasteiger partial charge in [-0.05, 0) is 19.9 Å². The number of amides is 1. The van der Waals surface area contributed by atoms with Crippen LogP contribution in [-0.2, 0) is 11.2 Å². The number of nitrogens with zero attached hydrogens (tertiary/aromatic N) is 2. The average molecular weight is 248 g/mol. The Labute approximate surface area is 107 Å². The van der Waals surface area contributed by atoms with Crippen LogP contribution >= 0.6 is 0 Å². The van der Waals surface area contributed by atoms with Crippen LogP contribution in [-0.4, -0.2) is 47.5 Å². The zero-order valence-corrected chi connectivity index (χ0v) is 10.8. The summed E-state index contributed by atoms with van der Waals surface area (Å²) < 4.78 is 0. The van der Waals surface area contributed by atoms with Crippen molar-refractivity contribution >= 4 is 5.91 Å². The summed E-state index contributed by atoms with van der Waals surface area (Å²) in [4.78, 5) is 20.9. The Morgan fingerprint density at radius 1 is 1.61 bits per heavy atom. The van der Waals surface area contributed by atoms with Crippen LogP contribution in [0.15, 0.2) is 24.2 Å². The van der Waals surface area contributed by atoms with Crippen molar-refractivity contribution in [3.05, 3.63) is 29.9 Å². The van der Waals surface area contributed by atoms with Gasteiger partial charge in [-0.15, -0.1) is 0 Å². The molecule has 1 amide bonds. The number of aromatic nitrogens is 2. The Balaban J connectivity index is 1.66. The van der Waals surface area contributed by atoms with E-state index in [0.29, 0.717) is 19.4 Å². The molecular weight excluding hydrogens is 228 g/mol. The fourth-order valence-corrected chi connectivity index (χ4v) is 1.94. The largest absolute Gasteiger partial charge is 0.352 e. The van der Waals surface area contributed by atoms with Crippen LogP contribution in [0.3, 0.4) is 0 Å². The van der Waals surface area contributed by atoms with E-state index in [1.165, 1.54) is 5.57 Å². The first kappa shape index (κ1) is 12.8. The van der Waals surface area contributed by atoms with Crippen molar-refractivity contribution in [3.8, 4) is 0 Å². The molecule has 0 radical (unpaired) electrons. The number of aryl methyl sites for hydroxylation is 1. The molecule has 0 bridgehead atoms. The molecule has 0 saturated heterocycles. The van der Waals surface area contributed by atoms with Crippen molar-refractivity contribution in [2.75, 3.05) is 26.7 Å². The highest BCUT2D eigenvalue weighted by Gasteiger charge is 2.09. The highest BCUT2D eigenvalue weighted by Crippen LogP contribution is 2.07. The first-order chi connectivity index (χ1) is 8.74. The minimum absolute atomic E-state index is 0.101. The molecule has 1 aliphatic heterocycles. The van der Waals surface area contributed by atoms with E-state index in [1.807, 2.05) is 0 Å². The number of H-pyrrole nitrogens is 1. The van der Waals surface area contributed by atoms with Gasteiger partial charge in [0.15, 0.2) is 0 Å². The van der Waals surface area contributed by atoms with Crippen molar-refractivity contribution in [1.82, 2.24) is 20.2 Å². The third-order valence-corrected chi connectivity index (χ3v) is 3.20. The lowest BCUT2D eigenvalue weighted by molar-refractivity contribution is -0.120. The van der Waals surface area contributed by atoms with Gasteiger partial charge in [-0.1, -0.05) is 11.6 Å². The quantitative estimate of drug-likeness (QED) is 0.755. The second kappa shape index (κ2) is 6.35. The van der Waals surface area contributed by atoms with Crippen molar-refractivity contribution in [3.63, 3.8) is 0 Å². The lowest BCUT2D eigenvalue weighted by atomic mass is 10.1. The standard InChI is InChI=1S/C13H20N4O/c1-17-6-4-11(5-7-17)8-15-13(18)3-2-12-9-14-10-16-12/h4,9-10H,2-3,5-8H2,1H3,(H,14,16)(H,15,18). The maximum Gasteiger partial charge on any atom is 0.220 e. The molecule has 98 valence electrons. The Morgan fingerprint density at radius 2 is 2.50 bits per heavy atom. The third kappa shape index (κ3) is 4.00. The number of imidazole rings is 1.